The van der Waals surface area contributed by atoms with Crippen LogP contribution >= 0.6 is 11.5 Å². The molecule has 1 atom stereocenters. The van der Waals surface area contributed by atoms with E-state index in [0.29, 0.717) is 29.7 Å². The molecule has 7 heteroatoms. The summed E-state index contributed by atoms with van der Waals surface area (Å²) in [5.74, 6) is 0.940. The summed E-state index contributed by atoms with van der Waals surface area (Å²) in [7, 11) is 0. The summed E-state index contributed by atoms with van der Waals surface area (Å²) in [6, 6.07) is -0.343. The third-order valence-electron chi connectivity index (χ3n) is 2.82. The molecule has 0 fully saturated rings. The number of nitrogen functional groups attached to an aromatic ring is 1. The predicted octanol–water partition coefficient (Wildman–Crippen LogP) is 2.18. The number of nitrogens with one attached hydrogen (secondary N) is 1. The molecule has 1 rings (SSSR count). The molecule has 0 bridgehead atoms. The van der Waals surface area contributed by atoms with Crippen LogP contribution in [0.1, 0.15) is 34.6 Å². The van der Waals surface area contributed by atoms with E-state index in [4.69, 9.17) is 10.5 Å². The van der Waals surface area contributed by atoms with Crippen LogP contribution in [0.25, 0.3) is 0 Å². The zero-order valence-electron chi connectivity index (χ0n) is 12.8. The van der Waals surface area contributed by atoms with Crippen LogP contribution in [-0.4, -0.2) is 40.4 Å². The highest BCUT2D eigenvalue weighted by molar-refractivity contribution is 7.11. The number of carbonyl (C=O) groups is 1. The molecule has 1 aromatic rings. The van der Waals surface area contributed by atoms with Crippen molar-refractivity contribution in [1.29, 1.82) is 0 Å². The Balaban J connectivity index is 2.80. The van der Waals surface area contributed by atoms with Crippen molar-refractivity contribution in [3.8, 4) is 5.75 Å². The lowest BCUT2D eigenvalue weighted by molar-refractivity contribution is -0.131. The first-order valence-electron chi connectivity index (χ1n) is 6.87. The fourth-order valence-corrected chi connectivity index (χ4v) is 2.54. The van der Waals surface area contributed by atoms with E-state index in [1.165, 1.54) is 11.5 Å². The monoisotopic (exact) mass is 300 g/mol. The molecule has 1 heterocycles. The molecule has 0 aliphatic rings. The first kappa shape index (κ1) is 16.6. The van der Waals surface area contributed by atoms with Gasteiger partial charge < -0.3 is 20.7 Å². The average molecular weight is 300 g/mol. The van der Waals surface area contributed by atoms with E-state index in [1.807, 2.05) is 34.6 Å². The molecule has 6 nitrogen and oxygen atoms in total. The summed E-state index contributed by atoms with van der Waals surface area (Å²) >= 11 is 1.21. The van der Waals surface area contributed by atoms with Crippen LogP contribution in [-0.2, 0) is 4.79 Å². The van der Waals surface area contributed by atoms with Crippen molar-refractivity contribution in [2.24, 2.45) is 0 Å². The third-order valence-corrected chi connectivity index (χ3v) is 3.59. The minimum absolute atomic E-state index is 0.00281. The second kappa shape index (κ2) is 7.33. The van der Waals surface area contributed by atoms with Gasteiger partial charge in [0.05, 0.1) is 6.10 Å². The summed E-state index contributed by atoms with van der Waals surface area (Å²) in [5, 5.41) is 3.84. The Hall–Kier alpha value is -1.50. The number of hydrogen-bond donors (Lipinski definition) is 2. The molecule has 0 spiro atoms. The lowest BCUT2D eigenvalue weighted by Crippen LogP contribution is -2.41. The van der Waals surface area contributed by atoms with Gasteiger partial charge in [0, 0.05) is 13.1 Å². The van der Waals surface area contributed by atoms with Crippen molar-refractivity contribution in [1.82, 2.24) is 9.27 Å². The van der Waals surface area contributed by atoms with Crippen LogP contribution in [0.15, 0.2) is 0 Å². The number of nitrogens with two attached hydrogens (primary N) is 1. The maximum atomic E-state index is 12.2. The summed E-state index contributed by atoms with van der Waals surface area (Å²) in [4.78, 5) is 14.0. The molecule has 1 amide bonds. The molecule has 1 aromatic heterocycles. The molecule has 1 unspecified atom stereocenters. The topological polar surface area (TPSA) is 80.5 Å². The Morgan fingerprint density at radius 1 is 1.40 bits per heavy atom. The number of aromatic nitrogens is 1. The second-order valence-corrected chi connectivity index (χ2v) is 5.54. The van der Waals surface area contributed by atoms with Crippen molar-refractivity contribution in [2.75, 3.05) is 24.1 Å². The van der Waals surface area contributed by atoms with E-state index in [-0.39, 0.29) is 18.1 Å². The van der Waals surface area contributed by atoms with Gasteiger partial charge in [0.25, 0.3) is 0 Å². The maximum Gasteiger partial charge on any atom is 0.244 e. The number of likely N-dealkylation sites (N-methyl/N-ethyl adjacent to an activating group) is 1. The standard InChI is InChI=1S/C13H24N4O2S/c1-6-17(7-2)13(18)9(5)15-12-10(19-8(3)4)11(14)16-20-12/h8-9,15H,6-7H2,1-5H3,(H2,14,16). The molecular weight excluding hydrogens is 276 g/mol. The normalized spacial score (nSPS) is 12.3. The summed E-state index contributed by atoms with van der Waals surface area (Å²) in [6.45, 7) is 11.0. The maximum absolute atomic E-state index is 12.2. The highest BCUT2D eigenvalue weighted by atomic mass is 32.1. The first-order valence-corrected chi connectivity index (χ1v) is 7.65. The van der Waals surface area contributed by atoms with Gasteiger partial charge in [0.15, 0.2) is 16.6 Å². The van der Waals surface area contributed by atoms with E-state index in [1.54, 1.807) is 4.90 Å². The van der Waals surface area contributed by atoms with Gasteiger partial charge in [-0.15, -0.1) is 0 Å². The number of anilines is 2. The van der Waals surface area contributed by atoms with E-state index in [0.717, 1.165) is 0 Å². The van der Waals surface area contributed by atoms with Gasteiger partial charge in [0.1, 0.15) is 6.04 Å². The van der Waals surface area contributed by atoms with E-state index in [9.17, 15) is 4.79 Å². The highest BCUT2D eigenvalue weighted by Crippen LogP contribution is 2.36. The molecule has 114 valence electrons. The Kier molecular flexibility index (Phi) is 6.06. The highest BCUT2D eigenvalue weighted by Gasteiger charge is 2.22. The summed E-state index contributed by atoms with van der Waals surface area (Å²) in [6.07, 6.45) is 0.00281. The second-order valence-electron chi connectivity index (χ2n) is 4.77. The molecule has 20 heavy (non-hydrogen) atoms. The molecule has 0 aromatic carbocycles. The smallest absolute Gasteiger partial charge is 0.244 e. The number of hydrogen-bond acceptors (Lipinski definition) is 6. The zero-order chi connectivity index (χ0) is 15.3. The molecular formula is C13H24N4O2S. The van der Waals surface area contributed by atoms with Crippen LogP contribution in [0.4, 0.5) is 10.8 Å². The van der Waals surface area contributed by atoms with Crippen LogP contribution in [0.2, 0.25) is 0 Å². The van der Waals surface area contributed by atoms with Gasteiger partial charge in [-0.25, -0.2) is 0 Å². The van der Waals surface area contributed by atoms with Gasteiger partial charge >= 0.3 is 0 Å². The number of nitrogens with zero attached hydrogens (tertiary/aromatic N) is 2. The van der Waals surface area contributed by atoms with Crippen molar-refractivity contribution in [3.63, 3.8) is 0 Å². The van der Waals surface area contributed by atoms with E-state index in [2.05, 4.69) is 9.69 Å². The van der Waals surface area contributed by atoms with Gasteiger partial charge in [-0.05, 0) is 46.2 Å². The SMILES string of the molecule is CCN(CC)C(=O)C(C)Nc1snc(N)c1OC(C)C. The van der Waals surface area contributed by atoms with Crippen molar-refractivity contribution in [2.45, 2.75) is 46.8 Å². The molecule has 0 saturated carbocycles. The van der Waals surface area contributed by atoms with E-state index >= 15 is 0 Å². The summed E-state index contributed by atoms with van der Waals surface area (Å²) < 4.78 is 9.72. The van der Waals surface area contributed by atoms with Crippen LogP contribution in [0.3, 0.4) is 0 Å². The quantitative estimate of drug-likeness (QED) is 0.806. The fourth-order valence-electron chi connectivity index (χ4n) is 1.80. The van der Waals surface area contributed by atoms with E-state index < -0.39 is 0 Å². The van der Waals surface area contributed by atoms with Gasteiger partial charge in [0.2, 0.25) is 5.91 Å². The Labute approximate surface area is 124 Å². The Bertz CT molecular complexity index is 444. The minimum Gasteiger partial charge on any atom is -0.484 e. The lowest BCUT2D eigenvalue weighted by Gasteiger charge is -2.23. The van der Waals surface area contributed by atoms with Crippen LogP contribution < -0.4 is 15.8 Å². The Morgan fingerprint density at radius 3 is 2.50 bits per heavy atom. The molecule has 0 aliphatic carbocycles. The minimum atomic E-state index is -0.343. The summed E-state index contributed by atoms with van der Waals surface area (Å²) in [5.41, 5.74) is 5.79. The first-order chi connectivity index (χ1) is 9.40. The number of rotatable bonds is 7. The van der Waals surface area contributed by atoms with Crippen molar-refractivity contribution in [3.05, 3.63) is 0 Å². The van der Waals surface area contributed by atoms with Gasteiger partial charge in [-0.3, -0.25) is 4.79 Å². The molecule has 0 aliphatic heterocycles. The predicted molar refractivity (Wildman–Crippen MR) is 83.3 cm³/mol. The number of amides is 1. The van der Waals surface area contributed by atoms with Crippen molar-refractivity contribution < 1.29 is 9.53 Å². The molecule has 3 N–H and O–H groups in total. The van der Waals surface area contributed by atoms with Crippen molar-refractivity contribution >= 4 is 28.3 Å². The lowest BCUT2D eigenvalue weighted by atomic mass is 10.3. The zero-order valence-corrected chi connectivity index (χ0v) is 13.6. The Morgan fingerprint density at radius 2 is 2.00 bits per heavy atom. The molecule has 0 radical (unpaired) electrons. The number of ether oxygens (including phenoxy) is 1. The van der Waals surface area contributed by atoms with Crippen LogP contribution in [0, 0.1) is 0 Å². The number of carbonyl (C=O) groups excluding carboxylic acids is 1. The van der Waals surface area contributed by atoms with Gasteiger partial charge in [-0.1, -0.05) is 0 Å². The molecule has 0 saturated heterocycles. The van der Waals surface area contributed by atoms with Crippen LogP contribution in [0.5, 0.6) is 5.75 Å². The third kappa shape index (κ3) is 4.00. The largest absolute Gasteiger partial charge is 0.484 e. The average Bonchev–Trinajstić information content (AvgIpc) is 2.72. The van der Waals surface area contributed by atoms with Gasteiger partial charge in [-0.2, -0.15) is 4.37 Å². The fraction of sp³-hybridized carbons (Fsp3) is 0.692.